The van der Waals surface area contributed by atoms with Gasteiger partial charge in [-0.15, -0.1) is 11.6 Å². The molecule has 0 aliphatic heterocycles. The molecule has 1 heteroatoms. The first-order valence-corrected chi connectivity index (χ1v) is 4.50. The normalized spacial score (nSPS) is 25.8. The second kappa shape index (κ2) is 3.21. The standard InChI is InChI=1S/C11H9Cl/c12-11-8-10(11)7-6-9-4-2-1-3-5-9/h1-5,10-11H,8H2/t10-,11-/m1/s1. The van der Waals surface area contributed by atoms with Gasteiger partial charge in [-0.25, -0.2) is 0 Å². The predicted octanol–water partition coefficient (Wildman–Crippen LogP) is 2.67. The zero-order valence-electron chi connectivity index (χ0n) is 6.63. The molecule has 0 radical (unpaired) electrons. The molecule has 0 saturated heterocycles. The predicted molar refractivity (Wildman–Crippen MR) is 51.1 cm³/mol. The highest BCUT2D eigenvalue weighted by atomic mass is 35.5. The molecule has 1 fully saturated rings. The first-order valence-electron chi connectivity index (χ1n) is 4.07. The lowest BCUT2D eigenvalue weighted by Crippen LogP contribution is -1.74. The Kier molecular flexibility index (Phi) is 2.06. The molecular weight excluding hydrogens is 168 g/mol. The van der Waals surface area contributed by atoms with Gasteiger partial charge < -0.3 is 0 Å². The first kappa shape index (κ1) is 7.71. The minimum absolute atomic E-state index is 0.307. The van der Waals surface area contributed by atoms with Gasteiger partial charge in [0, 0.05) is 16.9 Å². The molecular formula is C11H9Cl. The Labute approximate surface area is 77.6 Å². The molecule has 0 aromatic heterocycles. The van der Waals surface area contributed by atoms with Gasteiger partial charge in [0.15, 0.2) is 0 Å². The van der Waals surface area contributed by atoms with Crippen LogP contribution in [0, 0.1) is 17.8 Å². The Bertz CT molecular complexity index is 318. The zero-order chi connectivity index (χ0) is 8.39. The average Bonchev–Trinajstić information content (AvgIpc) is 2.81. The molecule has 0 N–H and O–H groups in total. The maximum atomic E-state index is 5.82. The van der Waals surface area contributed by atoms with Gasteiger partial charge in [0.25, 0.3) is 0 Å². The fourth-order valence-corrected chi connectivity index (χ4v) is 1.27. The van der Waals surface area contributed by atoms with Crippen LogP contribution in [0.1, 0.15) is 12.0 Å². The molecule has 0 nitrogen and oxygen atoms in total. The molecule has 0 heterocycles. The van der Waals surface area contributed by atoms with E-state index < -0.39 is 0 Å². The molecule has 2 rings (SSSR count). The van der Waals surface area contributed by atoms with Gasteiger partial charge >= 0.3 is 0 Å². The van der Waals surface area contributed by atoms with E-state index in [1.165, 1.54) is 0 Å². The largest absolute Gasteiger partial charge is 0.122 e. The number of hydrogen-bond donors (Lipinski definition) is 0. The van der Waals surface area contributed by atoms with Crippen molar-refractivity contribution in [2.45, 2.75) is 11.8 Å². The van der Waals surface area contributed by atoms with E-state index in [-0.39, 0.29) is 0 Å². The van der Waals surface area contributed by atoms with Crippen molar-refractivity contribution >= 4 is 11.6 Å². The summed E-state index contributed by atoms with van der Waals surface area (Å²) in [5, 5.41) is 0.307. The van der Waals surface area contributed by atoms with E-state index in [9.17, 15) is 0 Å². The summed E-state index contributed by atoms with van der Waals surface area (Å²) in [5.41, 5.74) is 1.08. The molecule has 1 aliphatic rings. The minimum atomic E-state index is 0.307. The molecule has 1 aromatic rings. The van der Waals surface area contributed by atoms with E-state index in [0.29, 0.717) is 11.3 Å². The van der Waals surface area contributed by atoms with Crippen molar-refractivity contribution in [2.24, 2.45) is 5.92 Å². The topological polar surface area (TPSA) is 0 Å². The maximum Gasteiger partial charge on any atom is 0.0486 e. The van der Waals surface area contributed by atoms with E-state index in [1.54, 1.807) is 0 Å². The molecule has 2 atom stereocenters. The quantitative estimate of drug-likeness (QED) is 0.421. The Morgan fingerprint density at radius 1 is 1.25 bits per heavy atom. The number of alkyl halides is 1. The van der Waals surface area contributed by atoms with Crippen molar-refractivity contribution in [1.82, 2.24) is 0 Å². The molecule has 60 valence electrons. The number of benzene rings is 1. The Hall–Kier alpha value is -0.930. The summed E-state index contributed by atoms with van der Waals surface area (Å²) >= 11 is 5.82. The van der Waals surface area contributed by atoms with Gasteiger partial charge in [-0.1, -0.05) is 30.0 Å². The van der Waals surface area contributed by atoms with Crippen molar-refractivity contribution in [3.8, 4) is 11.8 Å². The van der Waals surface area contributed by atoms with Crippen LogP contribution in [-0.2, 0) is 0 Å². The maximum absolute atomic E-state index is 5.82. The van der Waals surface area contributed by atoms with Gasteiger partial charge in [-0.05, 0) is 18.6 Å². The van der Waals surface area contributed by atoms with Crippen molar-refractivity contribution in [3.63, 3.8) is 0 Å². The van der Waals surface area contributed by atoms with E-state index in [4.69, 9.17) is 11.6 Å². The third-order valence-corrected chi connectivity index (χ3v) is 2.37. The molecule has 0 bridgehead atoms. The molecule has 1 aromatic carbocycles. The minimum Gasteiger partial charge on any atom is -0.122 e. The van der Waals surface area contributed by atoms with Gasteiger partial charge in [0.1, 0.15) is 0 Å². The molecule has 1 saturated carbocycles. The molecule has 1 aliphatic carbocycles. The van der Waals surface area contributed by atoms with Crippen LogP contribution in [0.2, 0.25) is 0 Å². The first-order chi connectivity index (χ1) is 5.86. The van der Waals surface area contributed by atoms with Crippen LogP contribution < -0.4 is 0 Å². The highest BCUT2D eigenvalue weighted by molar-refractivity contribution is 6.22. The average molecular weight is 177 g/mol. The lowest BCUT2D eigenvalue weighted by molar-refractivity contribution is 1.18. The lowest BCUT2D eigenvalue weighted by Gasteiger charge is -1.85. The number of rotatable bonds is 0. The van der Waals surface area contributed by atoms with Gasteiger partial charge in [-0.2, -0.15) is 0 Å². The zero-order valence-corrected chi connectivity index (χ0v) is 7.38. The van der Waals surface area contributed by atoms with Crippen LogP contribution >= 0.6 is 11.6 Å². The Morgan fingerprint density at radius 3 is 2.50 bits per heavy atom. The second-order valence-corrected chi connectivity index (χ2v) is 3.55. The summed E-state index contributed by atoms with van der Waals surface area (Å²) in [5.74, 6) is 6.68. The molecule has 0 amide bonds. The van der Waals surface area contributed by atoms with Crippen LogP contribution in [0.15, 0.2) is 30.3 Å². The van der Waals surface area contributed by atoms with Crippen LogP contribution in [0.4, 0.5) is 0 Å². The monoisotopic (exact) mass is 176 g/mol. The summed E-state index contributed by atoms with van der Waals surface area (Å²) in [6, 6.07) is 10.0. The molecule has 0 spiro atoms. The summed E-state index contributed by atoms with van der Waals surface area (Å²) < 4.78 is 0. The summed E-state index contributed by atoms with van der Waals surface area (Å²) in [6.45, 7) is 0. The fourth-order valence-electron chi connectivity index (χ4n) is 1.01. The van der Waals surface area contributed by atoms with Crippen molar-refractivity contribution < 1.29 is 0 Å². The molecule has 0 unspecified atom stereocenters. The second-order valence-electron chi connectivity index (χ2n) is 2.99. The van der Waals surface area contributed by atoms with Crippen molar-refractivity contribution in [3.05, 3.63) is 35.9 Å². The van der Waals surface area contributed by atoms with Gasteiger partial charge in [0.05, 0.1) is 0 Å². The smallest absolute Gasteiger partial charge is 0.0486 e. The highest BCUT2D eigenvalue weighted by Gasteiger charge is 2.33. The van der Waals surface area contributed by atoms with Crippen LogP contribution in [-0.4, -0.2) is 5.38 Å². The third kappa shape index (κ3) is 1.81. The van der Waals surface area contributed by atoms with Crippen molar-refractivity contribution in [2.75, 3.05) is 0 Å². The van der Waals surface area contributed by atoms with E-state index in [2.05, 4.69) is 11.8 Å². The highest BCUT2D eigenvalue weighted by Crippen LogP contribution is 2.35. The van der Waals surface area contributed by atoms with E-state index >= 15 is 0 Å². The Morgan fingerprint density at radius 2 is 1.92 bits per heavy atom. The van der Waals surface area contributed by atoms with E-state index in [0.717, 1.165) is 12.0 Å². The van der Waals surface area contributed by atoms with Crippen LogP contribution in [0.25, 0.3) is 0 Å². The SMILES string of the molecule is Cl[C@@H]1C[C@H]1C#Cc1ccccc1. The summed E-state index contributed by atoms with van der Waals surface area (Å²) in [7, 11) is 0. The van der Waals surface area contributed by atoms with Gasteiger partial charge in [-0.3, -0.25) is 0 Å². The van der Waals surface area contributed by atoms with Crippen LogP contribution in [0.3, 0.4) is 0 Å². The third-order valence-electron chi connectivity index (χ3n) is 1.89. The summed E-state index contributed by atoms with van der Waals surface area (Å²) in [4.78, 5) is 0. The van der Waals surface area contributed by atoms with Gasteiger partial charge in [0.2, 0.25) is 0 Å². The van der Waals surface area contributed by atoms with E-state index in [1.807, 2.05) is 30.3 Å². The van der Waals surface area contributed by atoms with Crippen molar-refractivity contribution in [1.29, 1.82) is 0 Å². The fraction of sp³-hybridized carbons (Fsp3) is 0.273. The lowest BCUT2D eigenvalue weighted by atomic mass is 10.2. The summed E-state index contributed by atoms with van der Waals surface area (Å²) in [6.07, 6.45) is 1.06. The number of halogens is 1. The Balaban J connectivity index is 2.06. The number of hydrogen-bond acceptors (Lipinski definition) is 0. The molecule has 12 heavy (non-hydrogen) atoms. The van der Waals surface area contributed by atoms with Crippen LogP contribution in [0.5, 0.6) is 0 Å².